The van der Waals surface area contributed by atoms with Gasteiger partial charge in [0.15, 0.2) is 0 Å². The van der Waals surface area contributed by atoms with Crippen LogP contribution in [0.15, 0.2) is 12.4 Å². The van der Waals surface area contributed by atoms with Crippen LogP contribution in [-0.2, 0) is 11.8 Å². The predicted molar refractivity (Wildman–Crippen MR) is 79.2 cm³/mol. The van der Waals surface area contributed by atoms with Crippen molar-refractivity contribution in [1.29, 1.82) is 0 Å². The van der Waals surface area contributed by atoms with Crippen molar-refractivity contribution in [2.24, 2.45) is 18.9 Å². The highest BCUT2D eigenvalue weighted by Gasteiger charge is 2.40. The summed E-state index contributed by atoms with van der Waals surface area (Å²) in [6, 6.07) is 0.949. The van der Waals surface area contributed by atoms with Crippen molar-refractivity contribution >= 4 is 0 Å². The Kier molecular flexibility index (Phi) is 4.13. The number of hydrogen-bond acceptors (Lipinski definition) is 3. The van der Waals surface area contributed by atoms with Gasteiger partial charge in [-0.25, -0.2) is 4.98 Å². The van der Waals surface area contributed by atoms with E-state index in [9.17, 15) is 0 Å². The number of ether oxygens (including phenoxy) is 1. The van der Waals surface area contributed by atoms with Crippen LogP contribution < -0.4 is 0 Å². The van der Waals surface area contributed by atoms with E-state index < -0.39 is 0 Å². The Balaban J connectivity index is 1.91. The fourth-order valence-corrected chi connectivity index (χ4v) is 3.90. The average molecular weight is 277 g/mol. The normalized spacial score (nSPS) is 26.7. The minimum Gasteiger partial charge on any atom is -0.364 e. The van der Waals surface area contributed by atoms with E-state index in [1.807, 2.05) is 6.20 Å². The van der Waals surface area contributed by atoms with Crippen LogP contribution in [0.2, 0.25) is 0 Å². The van der Waals surface area contributed by atoms with E-state index in [2.05, 4.69) is 41.5 Å². The molecule has 0 radical (unpaired) electrons. The first kappa shape index (κ1) is 14.1. The first-order chi connectivity index (χ1) is 9.68. The first-order valence-electron chi connectivity index (χ1n) is 7.99. The zero-order valence-corrected chi connectivity index (χ0v) is 13.0. The molecular weight excluding hydrogens is 250 g/mol. The topological polar surface area (TPSA) is 30.3 Å². The molecular formula is C16H27N3O. The minimum absolute atomic E-state index is 0.424. The maximum Gasteiger partial charge on any atom is 0.126 e. The molecule has 0 unspecified atom stereocenters. The van der Waals surface area contributed by atoms with Gasteiger partial charge in [-0.15, -0.1) is 0 Å². The smallest absolute Gasteiger partial charge is 0.126 e. The van der Waals surface area contributed by atoms with Crippen molar-refractivity contribution in [3.63, 3.8) is 0 Å². The number of rotatable bonds is 4. The van der Waals surface area contributed by atoms with Gasteiger partial charge in [0.1, 0.15) is 5.82 Å². The number of aromatic nitrogens is 2. The highest BCUT2D eigenvalue weighted by atomic mass is 16.5. The minimum atomic E-state index is 0.424. The molecule has 20 heavy (non-hydrogen) atoms. The predicted octanol–water partition coefficient (Wildman–Crippen LogP) is 2.97. The lowest BCUT2D eigenvalue weighted by Gasteiger charge is -2.36. The van der Waals surface area contributed by atoms with Crippen molar-refractivity contribution in [3.8, 4) is 0 Å². The molecule has 2 heterocycles. The monoisotopic (exact) mass is 277 g/mol. The lowest BCUT2D eigenvalue weighted by Crippen LogP contribution is -2.41. The van der Waals surface area contributed by atoms with Gasteiger partial charge in [0.25, 0.3) is 0 Å². The molecule has 2 atom stereocenters. The van der Waals surface area contributed by atoms with Crippen LogP contribution in [0, 0.1) is 11.8 Å². The summed E-state index contributed by atoms with van der Waals surface area (Å²) >= 11 is 0. The van der Waals surface area contributed by atoms with Gasteiger partial charge in [-0.3, -0.25) is 4.90 Å². The lowest BCUT2D eigenvalue weighted by molar-refractivity contribution is 0.0638. The maximum atomic E-state index is 5.80. The van der Waals surface area contributed by atoms with Gasteiger partial charge in [-0.05, 0) is 24.7 Å². The third-order valence-corrected chi connectivity index (χ3v) is 5.05. The summed E-state index contributed by atoms with van der Waals surface area (Å²) in [7, 11) is 2.12. The van der Waals surface area contributed by atoms with Crippen LogP contribution in [0.5, 0.6) is 0 Å². The molecule has 0 bridgehead atoms. The Bertz CT molecular complexity index is 437. The van der Waals surface area contributed by atoms with Gasteiger partial charge >= 0.3 is 0 Å². The van der Waals surface area contributed by atoms with Gasteiger partial charge in [-0.1, -0.05) is 26.7 Å². The molecule has 1 aromatic heterocycles. The fraction of sp³-hybridized carbons (Fsp3) is 0.812. The summed E-state index contributed by atoms with van der Waals surface area (Å²) in [5, 5.41) is 0. The second-order valence-corrected chi connectivity index (χ2v) is 6.71. The Labute approximate surface area is 122 Å². The molecule has 1 aliphatic heterocycles. The van der Waals surface area contributed by atoms with Crippen LogP contribution in [0.3, 0.4) is 0 Å². The lowest BCUT2D eigenvalue weighted by atomic mass is 9.93. The molecule has 0 amide bonds. The summed E-state index contributed by atoms with van der Waals surface area (Å²) in [6.45, 7) is 6.23. The zero-order valence-electron chi connectivity index (χ0n) is 13.0. The summed E-state index contributed by atoms with van der Waals surface area (Å²) in [5.41, 5.74) is 0. The van der Waals surface area contributed by atoms with Crippen molar-refractivity contribution in [3.05, 3.63) is 18.2 Å². The number of nitrogens with zero attached hydrogens (tertiary/aromatic N) is 3. The molecule has 1 aliphatic carbocycles. The molecule has 0 spiro atoms. The van der Waals surface area contributed by atoms with Gasteiger partial charge in [-0.2, -0.15) is 0 Å². The van der Waals surface area contributed by atoms with E-state index in [1.165, 1.54) is 31.5 Å². The number of hydrogen-bond donors (Lipinski definition) is 0. The van der Waals surface area contributed by atoms with Crippen LogP contribution in [0.25, 0.3) is 0 Å². The van der Waals surface area contributed by atoms with E-state index in [4.69, 9.17) is 4.74 Å². The second-order valence-electron chi connectivity index (χ2n) is 6.71. The van der Waals surface area contributed by atoms with E-state index in [0.29, 0.717) is 18.0 Å². The van der Waals surface area contributed by atoms with Crippen molar-refractivity contribution < 1.29 is 4.74 Å². The van der Waals surface area contributed by atoms with Gasteiger partial charge < -0.3 is 9.30 Å². The van der Waals surface area contributed by atoms with Crippen molar-refractivity contribution in [2.75, 3.05) is 13.3 Å². The third-order valence-electron chi connectivity index (χ3n) is 5.05. The standard InChI is InChI=1S/C16H27N3O/c1-12(2)14-10-20-11-19(14)15(13-6-4-5-7-13)16-17-8-9-18(16)3/h8-9,12-15H,4-7,10-11H2,1-3H3/t14-,15-/m1/s1. The molecule has 0 aromatic carbocycles. The van der Waals surface area contributed by atoms with Gasteiger partial charge in [0, 0.05) is 25.5 Å². The molecule has 2 fully saturated rings. The first-order valence-corrected chi connectivity index (χ1v) is 7.99. The van der Waals surface area contributed by atoms with Gasteiger partial charge in [0.05, 0.1) is 19.4 Å². The summed E-state index contributed by atoms with van der Waals surface area (Å²) in [5.74, 6) is 2.58. The van der Waals surface area contributed by atoms with Crippen LogP contribution >= 0.6 is 0 Å². The molecule has 4 nitrogen and oxygen atoms in total. The second kappa shape index (κ2) is 5.86. The van der Waals surface area contributed by atoms with E-state index >= 15 is 0 Å². The molecule has 0 N–H and O–H groups in total. The quantitative estimate of drug-likeness (QED) is 0.847. The Morgan fingerprint density at radius 2 is 2.05 bits per heavy atom. The summed E-state index contributed by atoms with van der Waals surface area (Å²) in [6.07, 6.45) is 9.40. The SMILES string of the molecule is CC(C)[C@H]1COCN1[C@@H](c1nccn1C)C1CCCC1. The van der Waals surface area contributed by atoms with Crippen LogP contribution in [-0.4, -0.2) is 33.8 Å². The molecule has 4 heteroatoms. The number of aryl methyl sites for hydroxylation is 1. The molecule has 1 aromatic rings. The van der Waals surface area contributed by atoms with E-state index in [-0.39, 0.29) is 0 Å². The Morgan fingerprint density at radius 3 is 2.65 bits per heavy atom. The Hall–Kier alpha value is -0.870. The third kappa shape index (κ3) is 2.51. The van der Waals surface area contributed by atoms with Crippen LogP contribution in [0.1, 0.15) is 51.4 Å². The largest absolute Gasteiger partial charge is 0.364 e. The van der Waals surface area contributed by atoms with Crippen molar-refractivity contribution in [2.45, 2.75) is 51.6 Å². The van der Waals surface area contributed by atoms with Crippen molar-refractivity contribution in [1.82, 2.24) is 14.5 Å². The van der Waals surface area contributed by atoms with E-state index in [0.717, 1.165) is 19.3 Å². The Morgan fingerprint density at radius 1 is 1.30 bits per heavy atom. The molecule has 3 rings (SSSR count). The average Bonchev–Trinajstić information content (AvgIpc) is 3.13. The molecule has 1 saturated heterocycles. The fourth-order valence-electron chi connectivity index (χ4n) is 3.90. The molecule has 112 valence electrons. The van der Waals surface area contributed by atoms with E-state index in [1.54, 1.807) is 0 Å². The van der Waals surface area contributed by atoms with Gasteiger partial charge in [0.2, 0.25) is 0 Å². The highest BCUT2D eigenvalue weighted by Crippen LogP contribution is 2.41. The maximum absolute atomic E-state index is 5.80. The highest BCUT2D eigenvalue weighted by molar-refractivity contribution is 5.04. The molecule has 2 aliphatic rings. The molecule has 1 saturated carbocycles. The summed E-state index contributed by atoms with van der Waals surface area (Å²) in [4.78, 5) is 7.24. The van der Waals surface area contributed by atoms with Crippen LogP contribution in [0.4, 0.5) is 0 Å². The summed E-state index contributed by atoms with van der Waals surface area (Å²) < 4.78 is 7.99. The zero-order chi connectivity index (χ0) is 14.1. The number of imidazole rings is 1.